The van der Waals surface area contributed by atoms with Crippen LogP contribution in [-0.2, 0) is 11.3 Å². The molecular weight excluding hydrogens is 438 g/mol. The van der Waals surface area contributed by atoms with Crippen molar-refractivity contribution in [3.63, 3.8) is 0 Å². The molecule has 0 saturated heterocycles. The number of benzene rings is 3. The second kappa shape index (κ2) is 11.8. The molecule has 4 rings (SSSR count). The Morgan fingerprint density at radius 1 is 0.943 bits per heavy atom. The van der Waals surface area contributed by atoms with Crippen molar-refractivity contribution in [2.45, 2.75) is 25.8 Å². The summed E-state index contributed by atoms with van der Waals surface area (Å²) >= 11 is 0. The van der Waals surface area contributed by atoms with Crippen molar-refractivity contribution in [1.29, 1.82) is 0 Å². The summed E-state index contributed by atoms with van der Waals surface area (Å²) in [5, 5.41) is 2.95. The molecule has 4 aromatic rings. The van der Waals surface area contributed by atoms with Gasteiger partial charge in [-0.05, 0) is 42.3 Å². The van der Waals surface area contributed by atoms with E-state index in [1.165, 1.54) is 17.0 Å². The number of hydrogen-bond donors (Lipinski definition) is 1. The number of nitrogens with zero attached hydrogens (tertiary/aromatic N) is 2. The zero-order chi connectivity index (χ0) is 24.5. The number of nitrogens with one attached hydrogen (secondary N) is 1. The van der Waals surface area contributed by atoms with Crippen LogP contribution in [0, 0.1) is 0 Å². The first-order chi connectivity index (χ1) is 17.1. The zero-order valence-electron chi connectivity index (χ0n) is 19.8. The lowest BCUT2D eigenvalue weighted by Crippen LogP contribution is -2.31. The second-order valence-corrected chi connectivity index (χ2v) is 8.19. The average molecular weight is 468 g/mol. The van der Waals surface area contributed by atoms with Gasteiger partial charge in [-0.15, -0.1) is 0 Å². The molecule has 0 aliphatic carbocycles. The van der Waals surface area contributed by atoms with E-state index in [2.05, 4.69) is 10.3 Å². The van der Waals surface area contributed by atoms with Crippen molar-refractivity contribution < 1.29 is 9.53 Å². The molecule has 1 N–H and O–H groups in total. The lowest BCUT2D eigenvalue weighted by molar-refractivity contribution is -0.121. The third kappa shape index (κ3) is 6.44. The van der Waals surface area contributed by atoms with Crippen LogP contribution in [0.2, 0.25) is 0 Å². The van der Waals surface area contributed by atoms with E-state index in [0.717, 1.165) is 22.4 Å². The van der Waals surface area contributed by atoms with Gasteiger partial charge in [0.15, 0.2) is 0 Å². The fourth-order valence-electron chi connectivity index (χ4n) is 4.01. The Balaban J connectivity index is 1.36. The third-order valence-corrected chi connectivity index (χ3v) is 5.81. The monoisotopic (exact) mass is 467 g/mol. The average Bonchev–Trinajstić information content (AvgIpc) is 2.90. The van der Waals surface area contributed by atoms with E-state index < -0.39 is 0 Å². The van der Waals surface area contributed by atoms with Gasteiger partial charge in [0.1, 0.15) is 5.75 Å². The van der Waals surface area contributed by atoms with Crippen LogP contribution in [0.25, 0.3) is 11.3 Å². The largest absolute Gasteiger partial charge is 0.494 e. The van der Waals surface area contributed by atoms with Gasteiger partial charge < -0.3 is 10.1 Å². The summed E-state index contributed by atoms with van der Waals surface area (Å²) in [5.74, 6) is 0.687. The van der Waals surface area contributed by atoms with E-state index in [1.807, 2.05) is 91.9 Å². The molecular formula is C29H29N3O3. The predicted molar refractivity (Wildman–Crippen MR) is 137 cm³/mol. The Kier molecular flexibility index (Phi) is 8.07. The quantitative estimate of drug-likeness (QED) is 0.369. The molecule has 178 valence electrons. The minimum Gasteiger partial charge on any atom is -0.494 e. The van der Waals surface area contributed by atoms with Gasteiger partial charge in [-0.25, -0.2) is 4.98 Å². The van der Waals surface area contributed by atoms with E-state index in [1.54, 1.807) is 0 Å². The Hall–Kier alpha value is -4.19. The lowest BCUT2D eigenvalue weighted by Gasteiger charge is -2.18. The fourth-order valence-corrected chi connectivity index (χ4v) is 4.01. The van der Waals surface area contributed by atoms with Gasteiger partial charge in [-0.3, -0.25) is 14.2 Å². The van der Waals surface area contributed by atoms with Crippen molar-refractivity contribution in [1.82, 2.24) is 14.9 Å². The lowest BCUT2D eigenvalue weighted by atomic mass is 9.88. The molecule has 0 atom stereocenters. The van der Waals surface area contributed by atoms with Crippen molar-refractivity contribution in [3.05, 3.63) is 119 Å². The molecule has 0 aliphatic heterocycles. The topological polar surface area (TPSA) is 73.2 Å². The van der Waals surface area contributed by atoms with Crippen LogP contribution in [0.15, 0.2) is 102 Å². The minimum atomic E-state index is -0.162. The van der Waals surface area contributed by atoms with Crippen LogP contribution in [-0.4, -0.2) is 28.6 Å². The van der Waals surface area contributed by atoms with Crippen LogP contribution in [0.5, 0.6) is 5.75 Å². The molecule has 0 aliphatic rings. The molecule has 6 heteroatoms. The minimum absolute atomic E-state index is 0.0322. The van der Waals surface area contributed by atoms with Crippen LogP contribution in [0.4, 0.5) is 0 Å². The Labute approximate surface area is 205 Å². The molecule has 1 amide bonds. The van der Waals surface area contributed by atoms with Crippen LogP contribution in [0.3, 0.4) is 0 Å². The fraction of sp³-hybridized carbons (Fsp3) is 0.207. The third-order valence-electron chi connectivity index (χ3n) is 5.81. The number of hydrogen-bond acceptors (Lipinski definition) is 4. The van der Waals surface area contributed by atoms with Crippen molar-refractivity contribution in [2.24, 2.45) is 0 Å². The molecule has 0 spiro atoms. The normalized spacial score (nSPS) is 10.8. The molecule has 1 heterocycles. The van der Waals surface area contributed by atoms with E-state index >= 15 is 0 Å². The van der Waals surface area contributed by atoms with Crippen molar-refractivity contribution >= 4 is 5.91 Å². The van der Waals surface area contributed by atoms with Gasteiger partial charge in [-0.2, -0.15) is 0 Å². The maximum atomic E-state index is 12.8. The smallest absolute Gasteiger partial charge is 0.253 e. The van der Waals surface area contributed by atoms with Gasteiger partial charge >= 0.3 is 0 Å². The zero-order valence-corrected chi connectivity index (χ0v) is 19.8. The number of amides is 1. The van der Waals surface area contributed by atoms with E-state index in [4.69, 9.17) is 4.74 Å². The summed E-state index contributed by atoms with van der Waals surface area (Å²) in [5.41, 5.74) is 3.48. The summed E-state index contributed by atoms with van der Waals surface area (Å²) < 4.78 is 6.96. The highest BCUT2D eigenvalue weighted by Gasteiger charge is 2.17. The number of carbonyl (C=O) groups is 1. The van der Waals surface area contributed by atoms with E-state index in [-0.39, 0.29) is 17.4 Å². The highest BCUT2D eigenvalue weighted by Crippen LogP contribution is 2.27. The number of ether oxygens (including phenoxy) is 1. The standard InChI is InChI=1S/C29H29N3O3/c1-2-35-25-15-13-24(14-16-25)27-20-29(34)32(21-31-27)18-17-30-28(33)19-26(22-9-5-3-6-10-22)23-11-7-4-8-12-23/h3-16,20-21,26H,2,17-19H2,1H3,(H,30,33). The second-order valence-electron chi connectivity index (χ2n) is 8.19. The molecule has 0 fully saturated rings. The Morgan fingerprint density at radius 3 is 2.14 bits per heavy atom. The van der Waals surface area contributed by atoms with Crippen LogP contribution in [0.1, 0.15) is 30.4 Å². The van der Waals surface area contributed by atoms with Crippen molar-refractivity contribution in [2.75, 3.05) is 13.2 Å². The molecule has 6 nitrogen and oxygen atoms in total. The molecule has 0 unspecified atom stereocenters. The summed E-state index contributed by atoms with van der Waals surface area (Å²) in [4.78, 5) is 29.8. The molecule has 0 bridgehead atoms. The van der Waals surface area contributed by atoms with Crippen LogP contribution < -0.4 is 15.6 Å². The summed E-state index contributed by atoms with van der Waals surface area (Å²) in [6.45, 7) is 3.23. The molecule has 1 aromatic heterocycles. The van der Waals surface area contributed by atoms with E-state index in [9.17, 15) is 9.59 Å². The number of rotatable bonds is 10. The van der Waals surface area contributed by atoms with Crippen molar-refractivity contribution in [3.8, 4) is 17.0 Å². The first kappa shape index (κ1) is 24.0. The van der Waals surface area contributed by atoms with Gasteiger partial charge in [0.05, 0.1) is 18.6 Å². The first-order valence-electron chi connectivity index (χ1n) is 11.8. The maximum absolute atomic E-state index is 12.8. The maximum Gasteiger partial charge on any atom is 0.253 e. The van der Waals surface area contributed by atoms with Gasteiger partial charge in [0, 0.05) is 37.1 Å². The number of carbonyl (C=O) groups excluding carboxylic acids is 1. The van der Waals surface area contributed by atoms with Gasteiger partial charge in [0.2, 0.25) is 5.91 Å². The molecule has 0 radical (unpaired) electrons. The highest BCUT2D eigenvalue weighted by molar-refractivity contribution is 5.77. The number of aromatic nitrogens is 2. The SMILES string of the molecule is CCOc1ccc(-c2cc(=O)n(CCNC(=O)CC(c3ccccc3)c3ccccc3)cn2)cc1. The van der Waals surface area contributed by atoms with Gasteiger partial charge in [0.25, 0.3) is 5.56 Å². The van der Waals surface area contributed by atoms with Gasteiger partial charge in [-0.1, -0.05) is 60.7 Å². The van der Waals surface area contributed by atoms with E-state index in [0.29, 0.717) is 31.8 Å². The summed E-state index contributed by atoms with van der Waals surface area (Å²) in [6.07, 6.45) is 1.86. The Bertz CT molecular complexity index is 1250. The molecule has 0 saturated carbocycles. The molecule has 35 heavy (non-hydrogen) atoms. The summed E-state index contributed by atoms with van der Waals surface area (Å²) in [7, 11) is 0. The first-order valence-corrected chi connectivity index (χ1v) is 11.8. The van der Waals surface area contributed by atoms with Crippen LogP contribution >= 0.6 is 0 Å². The highest BCUT2D eigenvalue weighted by atomic mass is 16.5. The predicted octanol–water partition coefficient (Wildman–Crippen LogP) is 4.65. The summed E-state index contributed by atoms with van der Waals surface area (Å²) in [6, 6.07) is 29.1. The Morgan fingerprint density at radius 2 is 1.57 bits per heavy atom. The molecule has 3 aromatic carbocycles.